The van der Waals surface area contributed by atoms with Gasteiger partial charge in [-0.15, -0.1) is 0 Å². The molecule has 4 rings (SSSR count). The lowest BCUT2D eigenvalue weighted by Crippen LogP contribution is -2.40. The van der Waals surface area contributed by atoms with Crippen LogP contribution in [0.15, 0.2) is 69.6 Å². The van der Waals surface area contributed by atoms with Gasteiger partial charge in [0.15, 0.2) is 4.80 Å². The topological polar surface area (TPSA) is 79.1 Å². The van der Waals surface area contributed by atoms with Gasteiger partial charge in [-0.25, -0.2) is 9.79 Å². The Hall–Kier alpha value is -3.65. The van der Waals surface area contributed by atoms with Crippen molar-refractivity contribution in [1.82, 2.24) is 4.57 Å². The van der Waals surface area contributed by atoms with Crippen LogP contribution in [0.4, 0.5) is 0 Å². The van der Waals surface area contributed by atoms with Gasteiger partial charge in [0.1, 0.15) is 17.5 Å². The molecule has 7 nitrogen and oxygen atoms in total. The highest BCUT2D eigenvalue weighted by Gasteiger charge is 2.35. The maximum absolute atomic E-state index is 13.6. The van der Waals surface area contributed by atoms with Crippen molar-refractivity contribution < 1.29 is 19.0 Å². The van der Waals surface area contributed by atoms with Gasteiger partial charge in [0.25, 0.3) is 5.56 Å². The van der Waals surface area contributed by atoms with Crippen molar-refractivity contribution in [3.8, 4) is 11.5 Å². The molecule has 0 fully saturated rings. The monoisotopic (exact) mass is 464 g/mol. The Morgan fingerprint density at radius 1 is 1.15 bits per heavy atom. The maximum Gasteiger partial charge on any atom is 0.338 e. The van der Waals surface area contributed by atoms with Gasteiger partial charge in [0, 0.05) is 11.6 Å². The van der Waals surface area contributed by atoms with Crippen LogP contribution in [-0.4, -0.2) is 31.4 Å². The Bertz CT molecular complexity index is 1400. The molecule has 2 heterocycles. The van der Waals surface area contributed by atoms with Gasteiger partial charge in [-0.05, 0) is 37.6 Å². The number of rotatable bonds is 6. The smallest absolute Gasteiger partial charge is 0.338 e. The molecule has 0 N–H and O–H groups in total. The van der Waals surface area contributed by atoms with Crippen LogP contribution in [0.25, 0.3) is 6.08 Å². The number of hydrogen-bond donors (Lipinski definition) is 0. The number of carbonyl (C=O) groups excluding carboxylic acids is 1. The summed E-state index contributed by atoms with van der Waals surface area (Å²) in [5.74, 6) is 0.581. The van der Waals surface area contributed by atoms with Crippen LogP contribution in [-0.2, 0) is 9.53 Å². The number of benzene rings is 2. The number of esters is 1. The number of aromatic nitrogens is 1. The Kier molecular flexibility index (Phi) is 6.46. The summed E-state index contributed by atoms with van der Waals surface area (Å²) in [6.45, 7) is 3.70. The minimum Gasteiger partial charge on any atom is -0.497 e. The van der Waals surface area contributed by atoms with Crippen LogP contribution < -0.4 is 24.4 Å². The average molecular weight is 465 g/mol. The molecule has 8 heteroatoms. The van der Waals surface area contributed by atoms with Crippen molar-refractivity contribution in [3.05, 3.63) is 90.6 Å². The predicted octanol–water partition coefficient (Wildman–Crippen LogP) is 2.82. The Morgan fingerprint density at radius 2 is 1.91 bits per heavy atom. The molecule has 0 radical (unpaired) electrons. The molecule has 1 atom stereocenters. The second-order valence-electron chi connectivity index (χ2n) is 7.32. The fraction of sp³-hybridized carbons (Fsp3) is 0.240. The number of carbonyl (C=O) groups is 1. The van der Waals surface area contributed by atoms with Crippen LogP contribution in [0.5, 0.6) is 11.5 Å². The van der Waals surface area contributed by atoms with Crippen LogP contribution in [0, 0.1) is 0 Å². The van der Waals surface area contributed by atoms with E-state index in [0.717, 1.165) is 5.56 Å². The largest absolute Gasteiger partial charge is 0.497 e. The minimum absolute atomic E-state index is 0.209. The lowest BCUT2D eigenvalue weighted by Gasteiger charge is -2.26. The molecule has 0 unspecified atom stereocenters. The second-order valence-corrected chi connectivity index (χ2v) is 8.33. The zero-order chi connectivity index (χ0) is 23.5. The fourth-order valence-electron chi connectivity index (χ4n) is 3.83. The molecule has 0 bridgehead atoms. The van der Waals surface area contributed by atoms with E-state index in [1.165, 1.54) is 18.4 Å². The first-order valence-corrected chi connectivity index (χ1v) is 11.3. The number of hydrogen-bond acceptors (Lipinski definition) is 7. The van der Waals surface area contributed by atoms with E-state index in [9.17, 15) is 9.59 Å². The zero-order valence-electron chi connectivity index (χ0n) is 18.8. The van der Waals surface area contributed by atoms with Gasteiger partial charge in [-0.3, -0.25) is 9.36 Å². The minimum atomic E-state index is -0.751. The molecule has 0 spiro atoms. The van der Waals surface area contributed by atoms with E-state index in [1.54, 1.807) is 43.7 Å². The SMILES string of the molecule is CCOC(=O)C1=C(C)N=c2sc(=Cc3ccccc3)c(=O)n2[C@@H]1c1ccc(OC)cc1OC. The van der Waals surface area contributed by atoms with Crippen molar-refractivity contribution in [1.29, 1.82) is 0 Å². The number of nitrogens with zero attached hydrogens (tertiary/aromatic N) is 2. The summed E-state index contributed by atoms with van der Waals surface area (Å²) in [4.78, 5) is 31.7. The predicted molar refractivity (Wildman–Crippen MR) is 126 cm³/mol. The van der Waals surface area contributed by atoms with E-state index in [2.05, 4.69) is 4.99 Å². The summed E-state index contributed by atoms with van der Waals surface area (Å²) >= 11 is 1.28. The van der Waals surface area contributed by atoms with E-state index < -0.39 is 12.0 Å². The normalized spacial score (nSPS) is 15.6. The molecule has 1 aliphatic rings. The van der Waals surface area contributed by atoms with Crippen molar-refractivity contribution in [3.63, 3.8) is 0 Å². The van der Waals surface area contributed by atoms with Crippen molar-refractivity contribution in [2.75, 3.05) is 20.8 Å². The third-order valence-electron chi connectivity index (χ3n) is 5.35. The van der Waals surface area contributed by atoms with E-state index >= 15 is 0 Å². The fourth-order valence-corrected chi connectivity index (χ4v) is 4.88. The van der Waals surface area contributed by atoms with Gasteiger partial charge in [0.2, 0.25) is 0 Å². The number of allylic oxidation sites excluding steroid dienone is 1. The highest BCUT2D eigenvalue weighted by molar-refractivity contribution is 7.07. The van der Waals surface area contributed by atoms with Crippen molar-refractivity contribution in [2.45, 2.75) is 19.9 Å². The molecular formula is C25H24N2O5S. The maximum atomic E-state index is 13.6. The number of fused-ring (bicyclic) bond motifs is 1. The summed E-state index contributed by atoms with van der Waals surface area (Å²) < 4.78 is 18.3. The molecule has 0 aliphatic carbocycles. The summed E-state index contributed by atoms with van der Waals surface area (Å²) in [6, 6.07) is 14.2. The molecule has 33 heavy (non-hydrogen) atoms. The summed E-state index contributed by atoms with van der Waals surface area (Å²) in [6.07, 6.45) is 1.83. The van der Waals surface area contributed by atoms with E-state index in [1.807, 2.05) is 36.4 Å². The molecule has 0 saturated carbocycles. The average Bonchev–Trinajstić information content (AvgIpc) is 3.12. The quantitative estimate of drug-likeness (QED) is 0.524. The number of methoxy groups -OCH3 is 2. The molecule has 0 amide bonds. The molecule has 1 aliphatic heterocycles. The summed E-state index contributed by atoms with van der Waals surface area (Å²) in [5.41, 5.74) is 2.12. The van der Waals surface area contributed by atoms with Crippen molar-refractivity contribution in [2.24, 2.45) is 4.99 Å². The molecular weight excluding hydrogens is 440 g/mol. The molecule has 1 aromatic heterocycles. The van der Waals surface area contributed by atoms with Crippen LogP contribution >= 0.6 is 11.3 Å². The van der Waals surface area contributed by atoms with Crippen molar-refractivity contribution >= 4 is 23.4 Å². The van der Waals surface area contributed by atoms with Crippen LogP contribution in [0.2, 0.25) is 0 Å². The first-order valence-electron chi connectivity index (χ1n) is 10.4. The second kappa shape index (κ2) is 9.46. The Balaban J connectivity index is 2.00. The summed E-state index contributed by atoms with van der Waals surface area (Å²) in [5, 5.41) is 0. The number of thiazole rings is 1. The van der Waals surface area contributed by atoms with Gasteiger partial charge in [-0.2, -0.15) is 0 Å². The molecule has 170 valence electrons. The first kappa shape index (κ1) is 22.5. The van der Waals surface area contributed by atoms with Crippen LogP contribution in [0.3, 0.4) is 0 Å². The molecule has 2 aromatic carbocycles. The van der Waals surface area contributed by atoms with Gasteiger partial charge in [-0.1, -0.05) is 41.7 Å². The lowest BCUT2D eigenvalue weighted by molar-refractivity contribution is -0.139. The van der Waals surface area contributed by atoms with Gasteiger partial charge >= 0.3 is 5.97 Å². The van der Waals surface area contributed by atoms with E-state index in [4.69, 9.17) is 14.2 Å². The highest BCUT2D eigenvalue weighted by Crippen LogP contribution is 2.37. The zero-order valence-corrected chi connectivity index (χ0v) is 19.6. The van der Waals surface area contributed by atoms with Gasteiger partial charge in [0.05, 0.1) is 36.6 Å². The van der Waals surface area contributed by atoms with E-state index in [0.29, 0.717) is 37.7 Å². The lowest BCUT2D eigenvalue weighted by atomic mass is 9.95. The highest BCUT2D eigenvalue weighted by atomic mass is 32.1. The summed E-state index contributed by atoms with van der Waals surface area (Å²) in [7, 11) is 3.10. The Morgan fingerprint density at radius 3 is 2.58 bits per heavy atom. The standard InChI is InChI=1S/C25H24N2O5S/c1-5-32-24(29)21-15(2)26-25-27(22(21)18-12-11-17(30-3)14-19(18)31-4)23(28)20(33-25)13-16-9-7-6-8-10-16/h6-14,22H,5H2,1-4H3/t22-/m1/s1. The molecule has 3 aromatic rings. The van der Waals surface area contributed by atoms with Gasteiger partial charge < -0.3 is 14.2 Å². The third kappa shape index (κ3) is 4.21. The third-order valence-corrected chi connectivity index (χ3v) is 6.33. The van der Waals surface area contributed by atoms with E-state index in [-0.39, 0.29) is 12.2 Å². The number of ether oxygens (including phenoxy) is 3. The first-order chi connectivity index (χ1) is 16.0. The molecule has 0 saturated heterocycles. The van der Waals surface area contributed by atoms with Crippen LogP contribution in [0.1, 0.15) is 31.0 Å². The Labute approximate surface area is 194 Å².